The maximum Gasteiger partial charge on any atom is 0.234 e. The van der Waals surface area contributed by atoms with Gasteiger partial charge < -0.3 is 9.47 Å². The third kappa shape index (κ3) is 5.31. The van der Waals surface area contributed by atoms with Crippen molar-refractivity contribution in [3.05, 3.63) is 71.4 Å². The summed E-state index contributed by atoms with van der Waals surface area (Å²) in [6, 6.07) is 17.8. The van der Waals surface area contributed by atoms with Gasteiger partial charge in [0.2, 0.25) is 11.8 Å². The molecular formula is C24H28N4O3. The van der Waals surface area contributed by atoms with Crippen molar-refractivity contribution in [2.75, 3.05) is 26.3 Å². The summed E-state index contributed by atoms with van der Waals surface area (Å²) in [7, 11) is 0. The molecule has 1 aliphatic heterocycles. The minimum absolute atomic E-state index is 0.0183. The first kappa shape index (κ1) is 21.1. The van der Waals surface area contributed by atoms with Crippen LogP contribution in [0.4, 0.5) is 0 Å². The number of para-hydroxylation sites is 1. The number of hydrogen-bond acceptors (Lipinski definition) is 5. The van der Waals surface area contributed by atoms with Crippen LogP contribution in [0.15, 0.2) is 54.6 Å². The van der Waals surface area contributed by atoms with E-state index in [2.05, 4.69) is 24.5 Å². The molecule has 0 spiro atoms. The summed E-state index contributed by atoms with van der Waals surface area (Å²) in [6.45, 7) is 6.69. The number of morpholine rings is 1. The van der Waals surface area contributed by atoms with Gasteiger partial charge in [-0.1, -0.05) is 30.3 Å². The molecule has 7 nitrogen and oxygen atoms in total. The standard InChI is InChI=1S/C24H28N4O3/c1-18-7-6-8-20(17-18)28-24(31-21-9-4-3-5-10-21)22(19(2)25-28)11-12-23(29)26-27-13-15-30-16-14-27/h3-10,17H,11-16H2,1-2H3,(H,26,29). The van der Waals surface area contributed by atoms with Crippen molar-refractivity contribution in [2.45, 2.75) is 26.7 Å². The van der Waals surface area contributed by atoms with E-state index in [1.165, 1.54) is 0 Å². The molecule has 31 heavy (non-hydrogen) atoms. The van der Waals surface area contributed by atoms with Crippen molar-refractivity contribution < 1.29 is 14.3 Å². The highest BCUT2D eigenvalue weighted by Crippen LogP contribution is 2.31. The molecule has 0 saturated carbocycles. The van der Waals surface area contributed by atoms with Crippen LogP contribution in [0, 0.1) is 13.8 Å². The van der Waals surface area contributed by atoms with Crippen LogP contribution in [0.2, 0.25) is 0 Å². The number of nitrogens with zero attached hydrogens (tertiary/aromatic N) is 3. The van der Waals surface area contributed by atoms with E-state index in [0.717, 1.165) is 28.3 Å². The second kappa shape index (κ2) is 9.76. The van der Waals surface area contributed by atoms with Crippen LogP contribution in [0.3, 0.4) is 0 Å². The molecule has 7 heteroatoms. The Hall–Kier alpha value is -3.16. The van der Waals surface area contributed by atoms with Crippen molar-refractivity contribution in [3.63, 3.8) is 0 Å². The van der Waals surface area contributed by atoms with Crippen LogP contribution in [0.5, 0.6) is 11.6 Å². The number of rotatable bonds is 7. The first-order chi connectivity index (χ1) is 15.1. The number of aromatic nitrogens is 2. The van der Waals surface area contributed by atoms with Crippen molar-refractivity contribution >= 4 is 5.91 Å². The molecule has 1 amide bonds. The van der Waals surface area contributed by atoms with Gasteiger partial charge in [0.05, 0.1) is 24.6 Å². The fourth-order valence-electron chi connectivity index (χ4n) is 3.61. The quantitative estimate of drug-likeness (QED) is 0.633. The second-order valence-corrected chi connectivity index (χ2v) is 7.67. The van der Waals surface area contributed by atoms with Crippen molar-refractivity contribution in [1.29, 1.82) is 0 Å². The lowest BCUT2D eigenvalue weighted by molar-refractivity contribution is -0.127. The molecule has 1 N–H and O–H groups in total. The molecule has 4 rings (SSSR count). The lowest BCUT2D eigenvalue weighted by atomic mass is 10.1. The van der Waals surface area contributed by atoms with Crippen molar-refractivity contribution in [2.24, 2.45) is 0 Å². The van der Waals surface area contributed by atoms with Gasteiger partial charge in [-0.05, 0) is 50.1 Å². The van der Waals surface area contributed by atoms with Gasteiger partial charge in [-0.25, -0.2) is 9.69 Å². The Morgan fingerprint density at radius 3 is 2.61 bits per heavy atom. The molecule has 3 aromatic rings. The van der Waals surface area contributed by atoms with Crippen molar-refractivity contribution in [3.8, 4) is 17.3 Å². The summed E-state index contributed by atoms with van der Waals surface area (Å²) in [6.07, 6.45) is 0.888. The van der Waals surface area contributed by atoms with Gasteiger partial charge in [-0.3, -0.25) is 10.2 Å². The Labute approximate surface area is 182 Å². The van der Waals surface area contributed by atoms with E-state index in [1.54, 1.807) is 0 Å². The molecule has 2 aromatic carbocycles. The van der Waals surface area contributed by atoms with Gasteiger partial charge in [-0.15, -0.1) is 0 Å². The van der Waals surface area contributed by atoms with E-state index in [0.29, 0.717) is 45.0 Å². The Balaban J connectivity index is 1.57. The topological polar surface area (TPSA) is 68.6 Å². The van der Waals surface area contributed by atoms with E-state index < -0.39 is 0 Å². The monoisotopic (exact) mass is 420 g/mol. The number of hydrogen-bond donors (Lipinski definition) is 1. The number of carbonyl (C=O) groups is 1. The zero-order valence-electron chi connectivity index (χ0n) is 18.0. The first-order valence-corrected chi connectivity index (χ1v) is 10.6. The number of aryl methyl sites for hydroxylation is 2. The number of amides is 1. The minimum Gasteiger partial charge on any atom is -0.439 e. The van der Waals surface area contributed by atoms with Gasteiger partial charge in [0.25, 0.3) is 0 Å². The van der Waals surface area contributed by atoms with E-state index in [4.69, 9.17) is 14.6 Å². The zero-order chi connectivity index (χ0) is 21.6. The van der Waals surface area contributed by atoms with Crippen LogP contribution in [0.1, 0.15) is 23.2 Å². The minimum atomic E-state index is -0.0183. The summed E-state index contributed by atoms with van der Waals surface area (Å²) in [5.41, 5.74) is 6.83. The molecule has 0 aliphatic carbocycles. The maximum atomic E-state index is 12.5. The number of nitrogens with one attached hydrogen (secondary N) is 1. The lowest BCUT2D eigenvalue weighted by Gasteiger charge is -2.26. The predicted molar refractivity (Wildman–Crippen MR) is 118 cm³/mol. The van der Waals surface area contributed by atoms with Crippen LogP contribution < -0.4 is 10.2 Å². The van der Waals surface area contributed by atoms with Crippen LogP contribution in [-0.4, -0.2) is 47.0 Å². The van der Waals surface area contributed by atoms with E-state index >= 15 is 0 Å². The van der Waals surface area contributed by atoms with Gasteiger partial charge in [0, 0.05) is 25.1 Å². The molecule has 0 unspecified atom stereocenters. The number of carbonyl (C=O) groups excluding carboxylic acids is 1. The summed E-state index contributed by atoms with van der Waals surface area (Å²) < 4.78 is 13.4. The highest BCUT2D eigenvalue weighted by atomic mass is 16.5. The summed E-state index contributed by atoms with van der Waals surface area (Å²) in [5.74, 6) is 1.36. The molecule has 1 aliphatic rings. The summed E-state index contributed by atoms with van der Waals surface area (Å²) in [5, 5.41) is 6.66. The molecule has 1 saturated heterocycles. The van der Waals surface area contributed by atoms with Gasteiger partial charge in [0.15, 0.2) is 0 Å². The summed E-state index contributed by atoms with van der Waals surface area (Å²) >= 11 is 0. The van der Waals surface area contributed by atoms with E-state index in [1.807, 2.05) is 59.1 Å². The second-order valence-electron chi connectivity index (χ2n) is 7.67. The maximum absolute atomic E-state index is 12.5. The largest absolute Gasteiger partial charge is 0.439 e. The fourth-order valence-corrected chi connectivity index (χ4v) is 3.61. The normalized spacial score (nSPS) is 14.4. The molecule has 162 valence electrons. The smallest absolute Gasteiger partial charge is 0.234 e. The number of hydrazine groups is 1. The third-order valence-electron chi connectivity index (χ3n) is 5.24. The number of ether oxygens (including phenoxy) is 2. The highest BCUT2D eigenvalue weighted by molar-refractivity contribution is 5.75. The van der Waals surface area contributed by atoms with E-state index in [-0.39, 0.29) is 5.91 Å². The number of benzene rings is 2. The lowest BCUT2D eigenvalue weighted by Crippen LogP contribution is -2.48. The molecule has 0 bridgehead atoms. The van der Waals surface area contributed by atoms with Crippen LogP contribution in [-0.2, 0) is 16.0 Å². The van der Waals surface area contributed by atoms with Gasteiger partial charge in [0.1, 0.15) is 5.75 Å². The van der Waals surface area contributed by atoms with Crippen LogP contribution in [0.25, 0.3) is 5.69 Å². The Morgan fingerprint density at radius 2 is 1.87 bits per heavy atom. The third-order valence-corrected chi connectivity index (χ3v) is 5.24. The Bertz CT molecular complexity index is 1030. The predicted octanol–water partition coefficient (Wildman–Crippen LogP) is 3.58. The summed E-state index contributed by atoms with van der Waals surface area (Å²) in [4.78, 5) is 12.5. The highest BCUT2D eigenvalue weighted by Gasteiger charge is 2.21. The average Bonchev–Trinajstić information content (AvgIpc) is 3.09. The molecule has 0 radical (unpaired) electrons. The average molecular weight is 421 g/mol. The van der Waals surface area contributed by atoms with Gasteiger partial charge >= 0.3 is 0 Å². The molecule has 1 aromatic heterocycles. The molecule has 0 atom stereocenters. The fraction of sp³-hybridized carbons (Fsp3) is 0.333. The SMILES string of the molecule is Cc1cccc(-n2nc(C)c(CCC(=O)NN3CCOCC3)c2Oc2ccccc2)c1. The Kier molecular flexibility index (Phi) is 6.64. The van der Waals surface area contributed by atoms with Gasteiger partial charge in [-0.2, -0.15) is 5.10 Å². The molecule has 2 heterocycles. The van der Waals surface area contributed by atoms with Crippen molar-refractivity contribution in [1.82, 2.24) is 20.2 Å². The van der Waals surface area contributed by atoms with Crippen LogP contribution >= 0.6 is 0 Å². The molecule has 1 fully saturated rings. The first-order valence-electron chi connectivity index (χ1n) is 10.6. The van der Waals surface area contributed by atoms with E-state index in [9.17, 15) is 4.79 Å². The molecular weight excluding hydrogens is 392 g/mol. The Morgan fingerprint density at radius 1 is 1.10 bits per heavy atom. The zero-order valence-corrected chi connectivity index (χ0v) is 18.0.